The fraction of sp³-hybridized carbons (Fsp3) is 0.526. The van der Waals surface area contributed by atoms with Gasteiger partial charge in [-0.15, -0.1) is 0 Å². The lowest BCUT2D eigenvalue weighted by Crippen LogP contribution is -2.46. The first kappa shape index (κ1) is 22.4. The number of carbonyl (C=O) groups is 3. The van der Waals surface area contributed by atoms with Gasteiger partial charge in [0.25, 0.3) is 5.91 Å². The van der Waals surface area contributed by atoms with Crippen molar-refractivity contribution in [2.75, 3.05) is 5.32 Å². The van der Waals surface area contributed by atoms with E-state index >= 15 is 0 Å². The predicted molar refractivity (Wildman–Crippen MR) is 102 cm³/mol. The third-order valence-electron chi connectivity index (χ3n) is 3.63. The van der Waals surface area contributed by atoms with Crippen LogP contribution in [0.4, 0.5) is 10.5 Å². The summed E-state index contributed by atoms with van der Waals surface area (Å²) in [4.78, 5) is 36.5. The average molecular weight is 379 g/mol. The molecule has 3 amide bonds. The van der Waals surface area contributed by atoms with E-state index in [4.69, 9.17) is 9.94 Å². The number of nitrogens with one attached hydrogen (secondary N) is 3. The summed E-state index contributed by atoms with van der Waals surface area (Å²) >= 11 is 0. The minimum atomic E-state index is -0.809. The number of anilines is 1. The largest absolute Gasteiger partial charge is 0.444 e. The van der Waals surface area contributed by atoms with E-state index in [0.717, 1.165) is 19.3 Å². The lowest BCUT2D eigenvalue weighted by Gasteiger charge is -2.23. The molecule has 27 heavy (non-hydrogen) atoms. The number of para-hydroxylation sites is 1. The number of ether oxygens (including phenoxy) is 1. The average Bonchev–Trinajstić information content (AvgIpc) is 2.59. The molecule has 1 aromatic carbocycles. The van der Waals surface area contributed by atoms with Gasteiger partial charge in [-0.3, -0.25) is 14.8 Å². The Labute approximate surface area is 159 Å². The van der Waals surface area contributed by atoms with Crippen LogP contribution in [0.1, 0.15) is 63.7 Å². The molecule has 8 heteroatoms. The van der Waals surface area contributed by atoms with Crippen LogP contribution in [0.5, 0.6) is 0 Å². The second-order valence-corrected chi connectivity index (χ2v) is 7.17. The maximum Gasteiger partial charge on any atom is 0.408 e. The van der Waals surface area contributed by atoms with Crippen LogP contribution in [-0.2, 0) is 9.53 Å². The number of hydrogen-bond donors (Lipinski definition) is 4. The molecule has 1 rings (SSSR count). The molecule has 0 aromatic heterocycles. The molecule has 0 bridgehead atoms. The van der Waals surface area contributed by atoms with E-state index in [0.29, 0.717) is 6.42 Å². The van der Waals surface area contributed by atoms with Crippen molar-refractivity contribution in [3.8, 4) is 0 Å². The van der Waals surface area contributed by atoms with E-state index in [2.05, 4.69) is 10.6 Å². The minimum Gasteiger partial charge on any atom is -0.444 e. The van der Waals surface area contributed by atoms with E-state index in [1.807, 2.05) is 6.92 Å². The van der Waals surface area contributed by atoms with Crippen molar-refractivity contribution >= 4 is 23.6 Å². The Kier molecular flexibility index (Phi) is 8.74. The molecule has 1 aromatic rings. The van der Waals surface area contributed by atoms with Crippen molar-refractivity contribution in [3.63, 3.8) is 0 Å². The van der Waals surface area contributed by atoms with Gasteiger partial charge in [0, 0.05) is 0 Å². The summed E-state index contributed by atoms with van der Waals surface area (Å²) in [7, 11) is 0. The normalized spacial score (nSPS) is 12.0. The van der Waals surface area contributed by atoms with Crippen molar-refractivity contribution in [3.05, 3.63) is 29.8 Å². The molecular formula is C19H29N3O5. The molecule has 0 aliphatic rings. The van der Waals surface area contributed by atoms with Crippen LogP contribution in [0.15, 0.2) is 24.3 Å². The summed E-state index contributed by atoms with van der Waals surface area (Å²) in [6, 6.07) is 5.46. The van der Waals surface area contributed by atoms with E-state index in [9.17, 15) is 14.4 Å². The molecule has 0 saturated heterocycles. The Morgan fingerprint density at radius 3 is 2.41 bits per heavy atom. The smallest absolute Gasteiger partial charge is 0.408 e. The molecule has 150 valence electrons. The molecule has 0 aliphatic carbocycles. The van der Waals surface area contributed by atoms with E-state index in [1.165, 1.54) is 6.07 Å². The van der Waals surface area contributed by atoms with E-state index in [-0.39, 0.29) is 11.3 Å². The van der Waals surface area contributed by atoms with Gasteiger partial charge in [-0.05, 0) is 39.3 Å². The zero-order chi connectivity index (χ0) is 20.4. The molecular weight excluding hydrogens is 350 g/mol. The number of carbonyl (C=O) groups excluding carboxylic acids is 3. The highest BCUT2D eigenvalue weighted by Crippen LogP contribution is 2.16. The topological polar surface area (TPSA) is 117 Å². The fourth-order valence-corrected chi connectivity index (χ4v) is 2.39. The van der Waals surface area contributed by atoms with Crippen molar-refractivity contribution < 1.29 is 24.3 Å². The quantitative estimate of drug-likeness (QED) is 0.314. The number of hydroxylamine groups is 1. The van der Waals surface area contributed by atoms with Crippen LogP contribution < -0.4 is 16.1 Å². The van der Waals surface area contributed by atoms with Crippen LogP contribution in [0, 0.1) is 0 Å². The third kappa shape index (κ3) is 8.08. The van der Waals surface area contributed by atoms with Crippen molar-refractivity contribution in [2.24, 2.45) is 0 Å². The highest BCUT2D eigenvalue weighted by molar-refractivity contribution is 6.04. The molecule has 0 saturated carbocycles. The molecule has 0 radical (unpaired) electrons. The second-order valence-electron chi connectivity index (χ2n) is 7.17. The minimum absolute atomic E-state index is 0.109. The third-order valence-corrected chi connectivity index (χ3v) is 3.63. The van der Waals surface area contributed by atoms with Gasteiger partial charge in [0.15, 0.2) is 0 Å². The summed E-state index contributed by atoms with van der Waals surface area (Å²) in [5.41, 5.74) is 1.21. The molecule has 0 aliphatic heterocycles. The van der Waals surface area contributed by atoms with Crippen molar-refractivity contribution in [1.29, 1.82) is 0 Å². The highest BCUT2D eigenvalue weighted by Gasteiger charge is 2.25. The SMILES string of the molecule is CCCCC[C@H](NC(=O)OC(C)(C)C)C(=O)Nc1ccccc1C(=O)NO. The van der Waals surface area contributed by atoms with Crippen molar-refractivity contribution in [1.82, 2.24) is 10.8 Å². The summed E-state index contributed by atoms with van der Waals surface area (Å²) in [6.07, 6.45) is 2.40. The molecule has 1 atom stereocenters. The van der Waals surface area contributed by atoms with Crippen LogP contribution >= 0.6 is 0 Å². The molecule has 0 heterocycles. The van der Waals surface area contributed by atoms with Crippen molar-refractivity contribution in [2.45, 2.75) is 65.0 Å². The van der Waals surface area contributed by atoms with Gasteiger partial charge in [0.2, 0.25) is 5.91 Å². The molecule has 0 unspecified atom stereocenters. The Hall–Kier alpha value is -2.61. The second kappa shape index (κ2) is 10.5. The first-order valence-corrected chi connectivity index (χ1v) is 9.01. The lowest BCUT2D eigenvalue weighted by atomic mass is 10.1. The van der Waals surface area contributed by atoms with Crippen LogP contribution in [0.3, 0.4) is 0 Å². The number of amides is 3. The van der Waals surface area contributed by atoms with Gasteiger partial charge in [0.05, 0.1) is 11.3 Å². The van der Waals surface area contributed by atoms with Gasteiger partial charge in [-0.1, -0.05) is 38.3 Å². The molecule has 0 spiro atoms. The van der Waals surface area contributed by atoms with Gasteiger partial charge >= 0.3 is 6.09 Å². The zero-order valence-corrected chi connectivity index (χ0v) is 16.3. The Morgan fingerprint density at radius 2 is 1.81 bits per heavy atom. The Morgan fingerprint density at radius 1 is 1.15 bits per heavy atom. The van der Waals surface area contributed by atoms with Crippen LogP contribution in [-0.4, -0.2) is 34.8 Å². The van der Waals surface area contributed by atoms with Crippen LogP contribution in [0.2, 0.25) is 0 Å². The maximum absolute atomic E-state index is 12.7. The van der Waals surface area contributed by atoms with Gasteiger partial charge in [-0.2, -0.15) is 0 Å². The summed E-state index contributed by atoms with van der Waals surface area (Å²) in [6.45, 7) is 7.26. The standard InChI is InChI=1S/C19H29N3O5/c1-5-6-7-12-15(21-18(25)27-19(2,3)4)17(24)20-14-11-9-8-10-13(14)16(23)22-26/h8-11,15,26H,5-7,12H2,1-4H3,(H,20,24)(H,21,25)(H,22,23)/t15-/m0/s1. The monoisotopic (exact) mass is 379 g/mol. The van der Waals surface area contributed by atoms with Gasteiger partial charge in [0.1, 0.15) is 11.6 Å². The maximum atomic E-state index is 12.7. The Bertz CT molecular complexity index is 655. The molecule has 0 fully saturated rings. The Balaban J connectivity index is 2.90. The number of unbranched alkanes of at least 4 members (excludes halogenated alkanes) is 2. The zero-order valence-electron chi connectivity index (χ0n) is 16.3. The molecule has 8 nitrogen and oxygen atoms in total. The summed E-state index contributed by atoms with van der Waals surface area (Å²) in [5.74, 6) is -1.20. The summed E-state index contributed by atoms with van der Waals surface area (Å²) < 4.78 is 5.23. The fourth-order valence-electron chi connectivity index (χ4n) is 2.39. The first-order valence-electron chi connectivity index (χ1n) is 9.01. The van der Waals surface area contributed by atoms with Gasteiger partial charge in [-0.25, -0.2) is 10.3 Å². The predicted octanol–water partition coefficient (Wildman–Crippen LogP) is 3.22. The lowest BCUT2D eigenvalue weighted by molar-refractivity contribution is -0.118. The number of rotatable bonds is 8. The number of alkyl carbamates (subject to hydrolysis) is 1. The van der Waals surface area contributed by atoms with Crippen LogP contribution in [0.25, 0.3) is 0 Å². The number of hydrogen-bond acceptors (Lipinski definition) is 5. The van der Waals surface area contributed by atoms with E-state index < -0.39 is 29.6 Å². The van der Waals surface area contributed by atoms with E-state index in [1.54, 1.807) is 44.5 Å². The first-order chi connectivity index (χ1) is 12.7. The van der Waals surface area contributed by atoms with Gasteiger partial charge < -0.3 is 15.4 Å². The number of benzene rings is 1. The summed E-state index contributed by atoms with van der Waals surface area (Å²) in [5, 5.41) is 14.1. The highest BCUT2D eigenvalue weighted by atomic mass is 16.6. The molecule has 4 N–H and O–H groups in total.